The maximum atomic E-state index is 11.9. The van der Waals surface area contributed by atoms with Gasteiger partial charge in [0.25, 0.3) is 5.91 Å². The van der Waals surface area contributed by atoms with E-state index in [1.165, 1.54) is 5.56 Å². The van der Waals surface area contributed by atoms with E-state index in [0.29, 0.717) is 12.2 Å². The minimum atomic E-state index is -0.257. The van der Waals surface area contributed by atoms with Crippen LogP contribution in [0.15, 0.2) is 30.3 Å². The first kappa shape index (κ1) is 13.5. The van der Waals surface area contributed by atoms with Crippen molar-refractivity contribution in [3.63, 3.8) is 0 Å². The Hall–Kier alpha value is -1.94. The van der Waals surface area contributed by atoms with E-state index < -0.39 is 0 Å². The van der Waals surface area contributed by atoms with Gasteiger partial charge in [0.2, 0.25) is 5.28 Å². The van der Waals surface area contributed by atoms with Crippen molar-refractivity contribution < 1.29 is 4.79 Å². The molecule has 0 unspecified atom stereocenters. The molecular weight excluding hydrogens is 262 g/mol. The Morgan fingerprint density at radius 1 is 1.21 bits per heavy atom. The van der Waals surface area contributed by atoms with Crippen LogP contribution < -0.4 is 5.32 Å². The summed E-state index contributed by atoms with van der Waals surface area (Å²) in [6, 6.07) is 9.58. The molecule has 0 aliphatic heterocycles. The van der Waals surface area contributed by atoms with Gasteiger partial charge in [-0.25, -0.2) is 9.97 Å². The fourth-order valence-electron chi connectivity index (χ4n) is 1.63. The molecule has 19 heavy (non-hydrogen) atoms. The summed E-state index contributed by atoms with van der Waals surface area (Å²) in [6.07, 6.45) is 0. The number of halogens is 1. The fraction of sp³-hybridized carbons (Fsp3) is 0.214. The van der Waals surface area contributed by atoms with Gasteiger partial charge < -0.3 is 5.32 Å². The van der Waals surface area contributed by atoms with Crippen LogP contribution in [0.4, 0.5) is 0 Å². The lowest BCUT2D eigenvalue weighted by Crippen LogP contribution is -2.24. The van der Waals surface area contributed by atoms with Crippen LogP contribution in [0.3, 0.4) is 0 Å². The van der Waals surface area contributed by atoms with Crippen LogP contribution in [0.5, 0.6) is 0 Å². The van der Waals surface area contributed by atoms with E-state index in [-0.39, 0.29) is 16.9 Å². The SMILES string of the molecule is Cc1ccc(CNC(=O)c2cc(C)nc(Cl)n2)cc1. The van der Waals surface area contributed by atoms with Crippen molar-refractivity contribution in [2.45, 2.75) is 20.4 Å². The number of aryl methyl sites for hydroxylation is 2. The molecular formula is C14H14ClN3O. The highest BCUT2D eigenvalue weighted by Crippen LogP contribution is 2.06. The van der Waals surface area contributed by atoms with Crippen molar-refractivity contribution in [2.75, 3.05) is 0 Å². The molecule has 98 valence electrons. The number of carbonyl (C=O) groups is 1. The average Bonchev–Trinajstić information content (AvgIpc) is 2.36. The van der Waals surface area contributed by atoms with Crippen molar-refractivity contribution in [1.29, 1.82) is 0 Å². The largest absolute Gasteiger partial charge is 0.347 e. The highest BCUT2D eigenvalue weighted by Gasteiger charge is 2.09. The van der Waals surface area contributed by atoms with E-state index in [9.17, 15) is 4.79 Å². The second-order valence-corrected chi connectivity index (χ2v) is 4.67. The number of nitrogens with zero attached hydrogens (tertiary/aromatic N) is 2. The van der Waals surface area contributed by atoms with Gasteiger partial charge >= 0.3 is 0 Å². The number of nitrogens with one attached hydrogen (secondary N) is 1. The van der Waals surface area contributed by atoms with Gasteiger partial charge in [-0.3, -0.25) is 4.79 Å². The van der Waals surface area contributed by atoms with Crippen molar-refractivity contribution in [3.05, 3.63) is 58.1 Å². The van der Waals surface area contributed by atoms with Crippen molar-refractivity contribution in [1.82, 2.24) is 15.3 Å². The number of aromatic nitrogens is 2. The van der Waals surface area contributed by atoms with Crippen molar-refractivity contribution in [3.8, 4) is 0 Å². The third-order valence-corrected chi connectivity index (χ3v) is 2.80. The molecule has 0 fully saturated rings. The molecule has 5 heteroatoms. The molecule has 0 atom stereocenters. The summed E-state index contributed by atoms with van der Waals surface area (Å²) in [5, 5.41) is 2.89. The van der Waals surface area contributed by atoms with E-state index in [1.807, 2.05) is 31.2 Å². The third kappa shape index (κ3) is 3.76. The van der Waals surface area contributed by atoms with Gasteiger partial charge in [0.15, 0.2) is 0 Å². The Morgan fingerprint density at radius 3 is 2.53 bits per heavy atom. The molecule has 4 nitrogen and oxygen atoms in total. The Bertz CT molecular complexity index is 576. The van der Waals surface area contributed by atoms with Crippen molar-refractivity contribution in [2.24, 2.45) is 0 Å². The standard InChI is InChI=1S/C14H14ClN3O/c1-9-3-5-11(6-4-9)8-16-13(19)12-7-10(2)17-14(15)18-12/h3-7H,8H2,1-2H3,(H,16,19). The first-order valence-corrected chi connectivity index (χ1v) is 6.27. The van der Waals surface area contributed by atoms with Gasteiger partial charge in [0, 0.05) is 12.2 Å². The highest BCUT2D eigenvalue weighted by molar-refractivity contribution is 6.28. The van der Waals surface area contributed by atoms with Crippen LogP contribution in [0, 0.1) is 13.8 Å². The van der Waals surface area contributed by atoms with Crippen LogP contribution in [0.1, 0.15) is 27.3 Å². The summed E-state index contributed by atoms with van der Waals surface area (Å²) in [5.41, 5.74) is 3.18. The smallest absolute Gasteiger partial charge is 0.270 e. The molecule has 0 aliphatic rings. The molecule has 1 aromatic carbocycles. The Kier molecular flexibility index (Phi) is 4.12. The molecule has 2 rings (SSSR count). The molecule has 1 amide bonds. The monoisotopic (exact) mass is 275 g/mol. The maximum Gasteiger partial charge on any atom is 0.270 e. The van der Waals surface area contributed by atoms with E-state index in [1.54, 1.807) is 13.0 Å². The molecule has 1 aromatic heterocycles. The predicted octanol–water partition coefficient (Wildman–Crippen LogP) is 2.68. The number of rotatable bonds is 3. The first-order chi connectivity index (χ1) is 9.04. The Labute approximate surface area is 116 Å². The zero-order valence-corrected chi connectivity index (χ0v) is 11.5. The van der Waals surface area contributed by atoms with Crippen LogP contribution in [-0.2, 0) is 6.54 Å². The molecule has 2 aromatic rings. The van der Waals surface area contributed by atoms with Crippen LogP contribution in [0.2, 0.25) is 5.28 Å². The van der Waals surface area contributed by atoms with E-state index in [2.05, 4.69) is 15.3 Å². The van der Waals surface area contributed by atoms with E-state index >= 15 is 0 Å². The van der Waals surface area contributed by atoms with Gasteiger partial charge in [-0.1, -0.05) is 29.8 Å². The average molecular weight is 276 g/mol. The second kappa shape index (κ2) is 5.80. The summed E-state index contributed by atoms with van der Waals surface area (Å²) >= 11 is 5.73. The number of carbonyl (C=O) groups excluding carboxylic acids is 1. The number of benzene rings is 1. The normalized spacial score (nSPS) is 10.3. The van der Waals surface area contributed by atoms with Crippen LogP contribution in [-0.4, -0.2) is 15.9 Å². The lowest BCUT2D eigenvalue weighted by molar-refractivity contribution is 0.0945. The summed E-state index contributed by atoms with van der Waals surface area (Å²) in [4.78, 5) is 19.8. The maximum absolute atomic E-state index is 11.9. The van der Waals surface area contributed by atoms with Crippen LogP contribution >= 0.6 is 11.6 Å². The second-order valence-electron chi connectivity index (χ2n) is 4.33. The first-order valence-electron chi connectivity index (χ1n) is 5.89. The number of hydrogen-bond donors (Lipinski definition) is 1. The highest BCUT2D eigenvalue weighted by atomic mass is 35.5. The minimum absolute atomic E-state index is 0.0838. The number of amides is 1. The summed E-state index contributed by atoms with van der Waals surface area (Å²) in [7, 11) is 0. The van der Waals surface area contributed by atoms with Crippen molar-refractivity contribution >= 4 is 17.5 Å². The molecule has 0 spiro atoms. The topological polar surface area (TPSA) is 54.9 Å². The zero-order chi connectivity index (χ0) is 13.8. The quantitative estimate of drug-likeness (QED) is 0.876. The van der Waals surface area contributed by atoms with Gasteiger partial charge in [0.1, 0.15) is 5.69 Å². The molecule has 0 saturated heterocycles. The van der Waals surface area contributed by atoms with E-state index in [0.717, 1.165) is 5.56 Å². The summed E-state index contributed by atoms with van der Waals surface area (Å²) < 4.78 is 0. The lowest BCUT2D eigenvalue weighted by Gasteiger charge is -2.06. The zero-order valence-electron chi connectivity index (χ0n) is 10.8. The van der Waals surface area contributed by atoms with Crippen LogP contribution in [0.25, 0.3) is 0 Å². The molecule has 1 heterocycles. The van der Waals surface area contributed by atoms with Gasteiger partial charge in [0.05, 0.1) is 0 Å². The van der Waals surface area contributed by atoms with E-state index in [4.69, 9.17) is 11.6 Å². The summed E-state index contributed by atoms with van der Waals surface area (Å²) in [6.45, 7) is 4.25. The van der Waals surface area contributed by atoms with Gasteiger partial charge in [-0.2, -0.15) is 0 Å². The summed E-state index contributed by atoms with van der Waals surface area (Å²) in [5.74, 6) is -0.257. The predicted molar refractivity (Wildman–Crippen MR) is 74.1 cm³/mol. The van der Waals surface area contributed by atoms with Gasteiger partial charge in [-0.05, 0) is 37.1 Å². The Balaban J connectivity index is 2.03. The lowest BCUT2D eigenvalue weighted by atomic mass is 10.1. The fourth-order valence-corrected chi connectivity index (χ4v) is 1.85. The molecule has 1 N–H and O–H groups in total. The van der Waals surface area contributed by atoms with Gasteiger partial charge in [-0.15, -0.1) is 0 Å². The molecule has 0 aliphatic carbocycles. The third-order valence-electron chi connectivity index (χ3n) is 2.63. The molecule has 0 saturated carbocycles. The molecule has 0 bridgehead atoms. The molecule has 0 radical (unpaired) electrons. The Morgan fingerprint density at radius 2 is 1.89 bits per heavy atom. The minimum Gasteiger partial charge on any atom is -0.347 e. The number of hydrogen-bond acceptors (Lipinski definition) is 3.